The molecule has 0 atom stereocenters. The average Bonchev–Trinajstić information content (AvgIpc) is 2.85. The lowest BCUT2D eigenvalue weighted by Crippen LogP contribution is -2.24. The van der Waals surface area contributed by atoms with Crippen LogP contribution in [0, 0.1) is 17.0 Å². The molecule has 0 bridgehead atoms. The highest BCUT2D eigenvalue weighted by molar-refractivity contribution is 7.89. The largest absolute Gasteiger partial charge is 0.289 e. The zero-order valence-electron chi connectivity index (χ0n) is 12.2. The molecule has 0 radical (unpaired) electrons. The van der Waals surface area contributed by atoms with Gasteiger partial charge in [-0.15, -0.1) is 0 Å². The molecule has 1 N–H and O–H groups in total. The van der Waals surface area contributed by atoms with Gasteiger partial charge in [0.2, 0.25) is 10.0 Å². The molecule has 0 saturated heterocycles. The summed E-state index contributed by atoms with van der Waals surface area (Å²) in [5.41, 5.74) is 1.13. The molecular weight excluding hydrogens is 308 g/mol. The summed E-state index contributed by atoms with van der Waals surface area (Å²) in [6.45, 7) is 4.48. The van der Waals surface area contributed by atoms with Crippen LogP contribution < -0.4 is 4.72 Å². The van der Waals surface area contributed by atoms with E-state index in [1.807, 2.05) is 13.8 Å². The minimum absolute atomic E-state index is 0.0280. The summed E-state index contributed by atoms with van der Waals surface area (Å²) in [5, 5.41) is 15.1. The zero-order chi connectivity index (χ0) is 16.3. The lowest BCUT2D eigenvalue weighted by Gasteiger charge is -2.07. The van der Waals surface area contributed by atoms with Crippen LogP contribution in [0.15, 0.2) is 35.4 Å². The highest BCUT2D eigenvalue weighted by Gasteiger charge is 2.25. The number of sulfonamides is 1. The van der Waals surface area contributed by atoms with Gasteiger partial charge < -0.3 is 0 Å². The van der Waals surface area contributed by atoms with Crippen LogP contribution in [0.5, 0.6) is 0 Å². The first-order valence-corrected chi connectivity index (χ1v) is 8.09. The van der Waals surface area contributed by atoms with Gasteiger partial charge in [0.25, 0.3) is 5.69 Å². The smallest absolute Gasteiger partial charge is 0.270 e. The van der Waals surface area contributed by atoms with Gasteiger partial charge in [0, 0.05) is 30.4 Å². The lowest BCUT2D eigenvalue weighted by molar-refractivity contribution is -0.387. The second-order valence-corrected chi connectivity index (χ2v) is 6.36. The lowest BCUT2D eigenvalue weighted by atomic mass is 10.3. The molecule has 0 amide bonds. The SMILES string of the molecule is CCn1ncc(CNS(=O)(=O)c2ccccc2[N+](=O)[O-])c1C. The van der Waals surface area contributed by atoms with Crippen LogP contribution in [0.4, 0.5) is 5.69 Å². The summed E-state index contributed by atoms with van der Waals surface area (Å²) in [6.07, 6.45) is 1.58. The number of hydrogen-bond acceptors (Lipinski definition) is 5. The predicted octanol–water partition coefficient (Wildman–Crippen LogP) is 1.60. The van der Waals surface area contributed by atoms with E-state index in [9.17, 15) is 18.5 Å². The summed E-state index contributed by atoms with van der Waals surface area (Å²) in [5.74, 6) is 0. The molecule has 0 aliphatic rings. The van der Waals surface area contributed by atoms with Gasteiger partial charge in [-0.3, -0.25) is 14.8 Å². The number of aryl methyl sites for hydroxylation is 1. The van der Waals surface area contributed by atoms with Crippen LogP contribution in [-0.2, 0) is 23.1 Å². The minimum Gasteiger partial charge on any atom is -0.270 e. The summed E-state index contributed by atoms with van der Waals surface area (Å²) >= 11 is 0. The van der Waals surface area contributed by atoms with Gasteiger partial charge >= 0.3 is 0 Å². The second-order valence-electron chi connectivity index (χ2n) is 4.62. The van der Waals surface area contributed by atoms with Crippen LogP contribution in [0.1, 0.15) is 18.2 Å². The zero-order valence-corrected chi connectivity index (χ0v) is 13.0. The van der Waals surface area contributed by atoms with Gasteiger partial charge in [0.15, 0.2) is 4.90 Å². The molecule has 0 unspecified atom stereocenters. The van der Waals surface area contributed by atoms with E-state index < -0.39 is 20.6 Å². The van der Waals surface area contributed by atoms with Gasteiger partial charge in [-0.1, -0.05) is 12.1 Å². The van der Waals surface area contributed by atoms with E-state index in [-0.39, 0.29) is 11.4 Å². The van der Waals surface area contributed by atoms with Crippen molar-refractivity contribution in [1.82, 2.24) is 14.5 Å². The van der Waals surface area contributed by atoms with Gasteiger partial charge in [0.05, 0.1) is 11.1 Å². The van der Waals surface area contributed by atoms with E-state index in [1.165, 1.54) is 18.2 Å². The Morgan fingerprint density at radius 1 is 1.36 bits per heavy atom. The third-order valence-electron chi connectivity index (χ3n) is 3.31. The van der Waals surface area contributed by atoms with E-state index in [0.29, 0.717) is 6.54 Å². The quantitative estimate of drug-likeness (QED) is 0.641. The molecular formula is C13H16N4O4S. The fraction of sp³-hybridized carbons (Fsp3) is 0.308. The molecule has 0 aliphatic heterocycles. The van der Waals surface area contributed by atoms with Crippen molar-refractivity contribution in [2.75, 3.05) is 0 Å². The Kier molecular flexibility index (Phi) is 4.57. The van der Waals surface area contributed by atoms with Crippen molar-refractivity contribution in [3.63, 3.8) is 0 Å². The topological polar surface area (TPSA) is 107 Å². The molecule has 2 aromatic rings. The third-order valence-corrected chi connectivity index (χ3v) is 4.76. The Labute approximate surface area is 128 Å². The molecule has 22 heavy (non-hydrogen) atoms. The molecule has 8 nitrogen and oxygen atoms in total. The van der Waals surface area contributed by atoms with Gasteiger partial charge in [-0.25, -0.2) is 13.1 Å². The number of aromatic nitrogens is 2. The summed E-state index contributed by atoms with van der Waals surface area (Å²) in [7, 11) is -3.98. The van der Waals surface area contributed by atoms with Gasteiger partial charge in [-0.2, -0.15) is 5.10 Å². The fourth-order valence-corrected chi connectivity index (χ4v) is 3.24. The molecule has 1 heterocycles. The van der Waals surface area contributed by atoms with Crippen molar-refractivity contribution in [3.8, 4) is 0 Å². The van der Waals surface area contributed by atoms with E-state index in [2.05, 4.69) is 9.82 Å². The summed E-state index contributed by atoms with van der Waals surface area (Å²) in [4.78, 5) is 9.88. The third kappa shape index (κ3) is 3.15. The molecule has 9 heteroatoms. The van der Waals surface area contributed by atoms with Crippen molar-refractivity contribution >= 4 is 15.7 Å². The van der Waals surface area contributed by atoms with E-state index >= 15 is 0 Å². The maximum atomic E-state index is 12.3. The molecule has 0 spiro atoms. The van der Waals surface area contributed by atoms with Crippen LogP contribution in [0.2, 0.25) is 0 Å². The van der Waals surface area contributed by atoms with Crippen molar-refractivity contribution in [1.29, 1.82) is 0 Å². The molecule has 2 rings (SSSR count). The first-order chi connectivity index (χ1) is 10.4. The number of nitrogens with zero attached hydrogens (tertiary/aromatic N) is 3. The molecule has 1 aromatic heterocycles. The normalized spacial score (nSPS) is 11.5. The maximum Gasteiger partial charge on any atom is 0.289 e. The number of para-hydroxylation sites is 1. The predicted molar refractivity (Wildman–Crippen MR) is 79.8 cm³/mol. The van der Waals surface area contributed by atoms with E-state index in [0.717, 1.165) is 17.3 Å². The highest BCUT2D eigenvalue weighted by Crippen LogP contribution is 2.23. The number of benzene rings is 1. The first-order valence-electron chi connectivity index (χ1n) is 6.61. The first kappa shape index (κ1) is 16.1. The van der Waals surface area contributed by atoms with Crippen molar-refractivity contribution in [2.24, 2.45) is 0 Å². The Bertz CT molecular complexity index is 798. The fourth-order valence-electron chi connectivity index (χ4n) is 2.06. The Morgan fingerprint density at radius 2 is 2.05 bits per heavy atom. The van der Waals surface area contributed by atoms with Crippen LogP contribution in [-0.4, -0.2) is 23.1 Å². The number of hydrogen-bond donors (Lipinski definition) is 1. The molecule has 0 saturated carbocycles. The minimum atomic E-state index is -3.98. The summed E-state index contributed by atoms with van der Waals surface area (Å²) in [6, 6.07) is 5.24. The van der Waals surface area contributed by atoms with Crippen LogP contribution in [0.3, 0.4) is 0 Å². The van der Waals surface area contributed by atoms with Gasteiger partial charge in [-0.05, 0) is 19.9 Å². The highest BCUT2D eigenvalue weighted by atomic mass is 32.2. The maximum absolute atomic E-state index is 12.3. The number of nitro benzene ring substituents is 1. The Morgan fingerprint density at radius 3 is 2.64 bits per heavy atom. The van der Waals surface area contributed by atoms with Crippen LogP contribution in [0.25, 0.3) is 0 Å². The monoisotopic (exact) mass is 324 g/mol. The number of nitrogens with one attached hydrogen (secondary N) is 1. The Hall–Kier alpha value is -2.26. The molecule has 0 fully saturated rings. The number of rotatable bonds is 6. The van der Waals surface area contributed by atoms with Crippen molar-refractivity contribution in [3.05, 3.63) is 51.8 Å². The van der Waals surface area contributed by atoms with E-state index in [1.54, 1.807) is 10.9 Å². The second kappa shape index (κ2) is 6.24. The summed E-state index contributed by atoms with van der Waals surface area (Å²) < 4.78 is 28.7. The molecule has 118 valence electrons. The van der Waals surface area contributed by atoms with Gasteiger partial charge in [0.1, 0.15) is 0 Å². The van der Waals surface area contributed by atoms with Crippen molar-refractivity contribution in [2.45, 2.75) is 31.8 Å². The Balaban J connectivity index is 2.25. The molecule has 0 aliphatic carbocycles. The van der Waals surface area contributed by atoms with E-state index in [4.69, 9.17) is 0 Å². The molecule has 1 aromatic carbocycles. The number of nitro groups is 1. The average molecular weight is 324 g/mol. The van der Waals surface area contributed by atoms with Crippen molar-refractivity contribution < 1.29 is 13.3 Å². The standard InChI is InChI=1S/C13H16N4O4S/c1-3-16-10(2)11(8-14-16)9-15-22(20,21)13-7-5-4-6-12(13)17(18)19/h4-8,15H,3,9H2,1-2H3. The van der Waals surface area contributed by atoms with Crippen LogP contribution >= 0.6 is 0 Å².